The molecule has 0 spiro atoms. The molecular formula is C16H19N5. The molecule has 1 fully saturated rings. The van der Waals surface area contributed by atoms with E-state index in [2.05, 4.69) is 26.3 Å². The molecule has 2 aromatic rings. The van der Waals surface area contributed by atoms with Crippen LogP contribution in [0.3, 0.4) is 0 Å². The monoisotopic (exact) mass is 281 g/mol. The van der Waals surface area contributed by atoms with E-state index < -0.39 is 0 Å². The van der Waals surface area contributed by atoms with E-state index in [9.17, 15) is 0 Å². The van der Waals surface area contributed by atoms with Gasteiger partial charge in [0.15, 0.2) is 0 Å². The van der Waals surface area contributed by atoms with E-state index in [1.807, 2.05) is 30.5 Å². The largest absolute Gasteiger partial charge is 0.348 e. The first-order valence-electron chi connectivity index (χ1n) is 7.26. The van der Waals surface area contributed by atoms with E-state index in [1.165, 1.54) is 11.3 Å². The number of piperazine rings is 1. The van der Waals surface area contributed by atoms with Crippen LogP contribution < -0.4 is 5.32 Å². The molecule has 21 heavy (non-hydrogen) atoms. The van der Waals surface area contributed by atoms with Crippen molar-refractivity contribution in [3.63, 3.8) is 0 Å². The van der Waals surface area contributed by atoms with Crippen LogP contribution in [0, 0.1) is 11.3 Å². The maximum Gasteiger partial charge on any atom is 0.0991 e. The van der Waals surface area contributed by atoms with Gasteiger partial charge in [0.2, 0.25) is 0 Å². The second-order valence-corrected chi connectivity index (χ2v) is 5.42. The summed E-state index contributed by atoms with van der Waals surface area (Å²) in [7, 11) is 0. The number of nitrogens with one attached hydrogen (secondary N) is 2. The molecule has 108 valence electrons. The second-order valence-electron chi connectivity index (χ2n) is 5.42. The third kappa shape index (κ3) is 3.48. The molecule has 1 unspecified atom stereocenters. The Balaban J connectivity index is 1.67. The molecule has 5 heteroatoms. The van der Waals surface area contributed by atoms with Gasteiger partial charge in [0.1, 0.15) is 0 Å². The Hall–Kier alpha value is -2.16. The van der Waals surface area contributed by atoms with Gasteiger partial charge in [0, 0.05) is 50.5 Å². The third-order valence-electron chi connectivity index (χ3n) is 3.95. The van der Waals surface area contributed by atoms with Crippen molar-refractivity contribution < 1.29 is 0 Å². The normalized spacial score (nSPS) is 19.3. The topological polar surface area (TPSA) is 67.7 Å². The zero-order valence-electron chi connectivity index (χ0n) is 11.9. The van der Waals surface area contributed by atoms with E-state index >= 15 is 0 Å². The maximum atomic E-state index is 8.86. The van der Waals surface area contributed by atoms with Crippen LogP contribution in [0.5, 0.6) is 0 Å². The Labute approximate surface area is 124 Å². The molecule has 2 heterocycles. The molecule has 0 radical (unpaired) electrons. The zero-order chi connectivity index (χ0) is 14.5. The highest BCUT2D eigenvalue weighted by Crippen LogP contribution is 2.14. The van der Waals surface area contributed by atoms with Crippen LogP contribution in [0.25, 0.3) is 0 Å². The Morgan fingerprint density at radius 2 is 2.19 bits per heavy atom. The van der Waals surface area contributed by atoms with Crippen molar-refractivity contribution in [1.29, 1.82) is 5.26 Å². The fourth-order valence-corrected chi connectivity index (χ4v) is 2.78. The summed E-state index contributed by atoms with van der Waals surface area (Å²) in [6.07, 6.45) is 4.61. The minimum Gasteiger partial charge on any atom is -0.348 e. The second kappa shape index (κ2) is 6.53. The number of H-pyrrole nitrogens is 1. The van der Waals surface area contributed by atoms with Crippen molar-refractivity contribution in [2.75, 3.05) is 19.6 Å². The summed E-state index contributed by atoms with van der Waals surface area (Å²) in [4.78, 5) is 9.77. The summed E-state index contributed by atoms with van der Waals surface area (Å²) in [5, 5.41) is 12.3. The SMILES string of the molecule is N#Cc1ccc(CN2CCNCC2Cc2cnc[nH]2)cc1. The van der Waals surface area contributed by atoms with Crippen molar-refractivity contribution in [3.8, 4) is 6.07 Å². The lowest BCUT2D eigenvalue weighted by Crippen LogP contribution is -2.51. The number of benzene rings is 1. The highest BCUT2D eigenvalue weighted by Gasteiger charge is 2.22. The van der Waals surface area contributed by atoms with E-state index in [1.54, 1.807) is 6.33 Å². The number of hydrogen-bond donors (Lipinski definition) is 2. The summed E-state index contributed by atoms with van der Waals surface area (Å²) in [6.45, 7) is 3.98. The van der Waals surface area contributed by atoms with Crippen LogP contribution >= 0.6 is 0 Å². The smallest absolute Gasteiger partial charge is 0.0991 e. The Kier molecular flexibility index (Phi) is 4.29. The van der Waals surface area contributed by atoms with Gasteiger partial charge in [-0.2, -0.15) is 5.26 Å². The Morgan fingerprint density at radius 1 is 1.33 bits per heavy atom. The molecule has 1 aromatic carbocycles. The molecular weight excluding hydrogens is 262 g/mol. The van der Waals surface area contributed by atoms with Crippen molar-refractivity contribution in [1.82, 2.24) is 20.2 Å². The van der Waals surface area contributed by atoms with Gasteiger partial charge in [-0.05, 0) is 17.7 Å². The standard InChI is InChI=1S/C16H19N5/c17-8-13-1-3-14(4-2-13)11-21-6-5-18-10-16(21)7-15-9-19-12-20-15/h1-4,9,12,16,18H,5-7,10-11H2,(H,19,20). The first-order chi connectivity index (χ1) is 10.3. The van der Waals surface area contributed by atoms with Crippen molar-refractivity contribution in [2.45, 2.75) is 19.0 Å². The van der Waals surface area contributed by atoms with Gasteiger partial charge in [-0.3, -0.25) is 4.90 Å². The number of nitrogens with zero attached hydrogens (tertiary/aromatic N) is 3. The van der Waals surface area contributed by atoms with E-state index in [0.29, 0.717) is 11.6 Å². The summed E-state index contributed by atoms with van der Waals surface area (Å²) >= 11 is 0. The van der Waals surface area contributed by atoms with Gasteiger partial charge in [-0.15, -0.1) is 0 Å². The average molecular weight is 281 g/mol. The van der Waals surface area contributed by atoms with Crippen molar-refractivity contribution >= 4 is 0 Å². The molecule has 3 rings (SSSR count). The van der Waals surface area contributed by atoms with Gasteiger partial charge in [-0.1, -0.05) is 12.1 Å². The first-order valence-corrected chi connectivity index (χ1v) is 7.26. The van der Waals surface area contributed by atoms with Gasteiger partial charge in [0.25, 0.3) is 0 Å². The van der Waals surface area contributed by atoms with Crippen LogP contribution in [-0.4, -0.2) is 40.5 Å². The molecule has 2 N–H and O–H groups in total. The van der Waals surface area contributed by atoms with Crippen LogP contribution in [-0.2, 0) is 13.0 Å². The Morgan fingerprint density at radius 3 is 2.90 bits per heavy atom. The molecule has 0 bridgehead atoms. The van der Waals surface area contributed by atoms with E-state index in [0.717, 1.165) is 32.6 Å². The molecule has 1 saturated heterocycles. The van der Waals surface area contributed by atoms with Gasteiger partial charge < -0.3 is 10.3 Å². The maximum absolute atomic E-state index is 8.86. The third-order valence-corrected chi connectivity index (χ3v) is 3.95. The summed E-state index contributed by atoms with van der Waals surface area (Å²) < 4.78 is 0. The summed E-state index contributed by atoms with van der Waals surface area (Å²) in [6, 6.07) is 10.5. The minimum absolute atomic E-state index is 0.467. The highest BCUT2D eigenvalue weighted by atomic mass is 15.2. The van der Waals surface area contributed by atoms with E-state index in [-0.39, 0.29) is 0 Å². The molecule has 1 atom stereocenters. The molecule has 5 nitrogen and oxygen atoms in total. The van der Waals surface area contributed by atoms with Crippen LogP contribution in [0.4, 0.5) is 0 Å². The van der Waals surface area contributed by atoms with Crippen LogP contribution in [0.2, 0.25) is 0 Å². The lowest BCUT2D eigenvalue weighted by Gasteiger charge is -2.36. The fraction of sp³-hybridized carbons (Fsp3) is 0.375. The average Bonchev–Trinajstić information content (AvgIpc) is 3.03. The number of aromatic nitrogens is 2. The van der Waals surface area contributed by atoms with Gasteiger partial charge >= 0.3 is 0 Å². The fourth-order valence-electron chi connectivity index (χ4n) is 2.78. The van der Waals surface area contributed by atoms with Crippen LogP contribution in [0.1, 0.15) is 16.8 Å². The number of aromatic amines is 1. The molecule has 0 aliphatic carbocycles. The van der Waals surface area contributed by atoms with Crippen molar-refractivity contribution in [2.24, 2.45) is 0 Å². The molecule has 1 aromatic heterocycles. The number of hydrogen-bond acceptors (Lipinski definition) is 4. The quantitative estimate of drug-likeness (QED) is 0.886. The predicted octanol–water partition coefficient (Wildman–Crippen LogP) is 1.30. The molecule has 0 amide bonds. The van der Waals surface area contributed by atoms with Crippen LogP contribution in [0.15, 0.2) is 36.8 Å². The summed E-state index contributed by atoms with van der Waals surface area (Å²) in [5.74, 6) is 0. The zero-order valence-corrected chi connectivity index (χ0v) is 11.9. The first kappa shape index (κ1) is 13.8. The minimum atomic E-state index is 0.467. The van der Waals surface area contributed by atoms with Crippen molar-refractivity contribution in [3.05, 3.63) is 53.6 Å². The lowest BCUT2D eigenvalue weighted by atomic mass is 10.1. The van der Waals surface area contributed by atoms with Gasteiger partial charge in [-0.25, -0.2) is 4.98 Å². The predicted molar refractivity (Wildman–Crippen MR) is 80.5 cm³/mol. The number of imidazole rings is 1. The summed E-state index contributed by atoms with van der Waals surface area (Å²) in [5.41, 5.74) is 3.15. The number of nitriles is 1. The Bertz CT molecular complexity index is 597. The molecule has 1 aliphatic heterocycles. The molecule has 1 aliphatic rings. The lowest BCUT2D eigenvalue weighted by molar-refractivity contribution is 0.151. The van der Waals surface area contributed by atoms with E-state index in [4.69, 9.17) is 5.26 Å². The molecule has 0 saturated carbocycles. The number of rotatable bonds is 4. The van der Waals surface area contributed by atoms with Gasteiger partial charge in [0.05, 0.1) is 18.0 Å². The highest BCUT2D eigenvalue weighted by molar-refractivity contribution is 5.31.